The van der Waals surface area contributed by atoms with E-state index in [0.29, 0.717) is 5.75 Å². The Balaban J connectivity index is 1.83. The van der Waals surface area contributed by atoms with Crippen LogP contribution in [0.25, 0.3) is 22.0 Å². The molecule has 0 atom stereocenters. The number of ether oxygens (including phenoxy) is 4. The highest BCUT2D eigenvalue weighted by atomic mass is 16.7. The normalized spacial score (nSPS) is 12.6. The Morgan fingerprint density at radius 2 is 1.82 bits per heavy atom. The zero-order valence-electron chi connectivity index (χ0n) is 16.6. The number of nitrogens with zero attached hydrogens (tertiary/aromatic N) is 2. The third-order valence-electron chi connectivity index (χ3n) is 4.95. The molecule has 3 aromatic rings. The molecule has 28 heavy (non-hydrogen) atoms. The number of likely N-dealkylation sites (N-methyl/N-ethyl adjacent to an activating group) is 1. The summed E-state index contributed by atoms with van der Waals surface area (Å²) in [5, 5.41) is 2.01. The van der Waals surface area contributed by atoms with Gasteiger partial charge in [0.05, 0.1) is 19.9 Å². The van der Waals surface area contributed by atoms with Gasteiger partial charge in [-0.1, -0.05) is 6.07 Å². The first kappa shape index (κ1) is 18.4. The van der Waals surface area contributed by atoms with Crippen molar-refractivity contribution in [2.45, 2.75) is 6.42 Å². The molecular formula is C22H24N2O4. The second-order valence-electron chi connectivity index (χ2n) is 7.01. The van der Waals surface area contributed by atoms with Crippen molar-refractivity contribution in [3.63, 3.8) is 0 Å². The van der Waals surface area contributed by atoms with E-state index in [0.717, 1.165) is 52.2 Å². The summed E-state index contributed by atoms with van der Waals surface area (Å²) < 4.78 is 22.1. The van der Waals surface area contributed by atoms with Gasteiger partial charge in [-0.25, -0.2) is 0 Å². The monoisotopic (exact) mass is 380 g/mol. The van der Waals surface area contributed by atoms with Gasteiger partial charge in [0.25, 0.3) is 0 Å². The molecule has 0 unspecified atom stereocenters. The van der Waals surface area contributed by atoms with Crippen LogP contribution in [0.3, 0.4) is 0 Å². The predicted octanol–water partition coefficient (Wildman–Crippen LogP) is 3.75. The Hall–Kier alpha value is -2.99. The zero-order valence-corrected chi connectivity index (χ0v) is 16.6. The Labute approximate surface area is 164 Å². The molecule has 0 N–H and O–H groups in total. The molecule has 2 heterocycles. The van der Waals surface area contributed by atoms with E-state index in [1.165, 1.54) is 5.56 Å². The van der Waals surface area contributed by atoms with Gasteiger partial charge in [0.1, 0.15) is 0 Å². The molecule has 0 saturated heterocycles. The van der Waals surface area contributed by atoms with Crippen LogP contribution in [-0.4, -0.2) is 51.5 Å². The van der Waals surface area contributed by atoms with Gasteiger partial charge in [-0.05, 0) is 55.7 Å². The Morgan fingerprint density at radius 1 is 1.04 bits per heavy atom. The lowest BCUT2D eigenvalue weighted by atomic mass is 9.98. The van der Waals surface area contributed by atoms with Crippen molar-refractivity contribution in [3.05, 3.63) is 42.1 Å². The van der Waals surface area contributed by atoms with Gasteiger partial charge in [0, 0.05) is 23.7 Å². The van der Waals surface area contributed by atoms with E-state index in [4.69, 9.17) is 23.9 Å². The first-order valence-electron chi connectivity index (χ1n) is 9.19. The van der Waals surface area contributed by atoms with E-state index in [2.05, 4.69) is 25.1 Å². The number of hydrogen-bond acceptors (Lipinski definition) is 6. The second kappa shape index (κ2) is 7.56. The van der Waals surface area contributed by atoms with E-state index < -0.39 is 0 Å². The average Bonchev–Trinajstić information content (AvgIpc) is 3.20. The van der Waals surface area contributed by atoms with Crippen LogP contribution in [0, 0.1) is 0 Å². The molecule has 146 valence electrons. The van der Waals surface area contributed by atoms with Crippen LogP contribution < -0.4 is 18.9 Å². The molecule has 6 heteroatoms. The molecule has 4 rings (SSSR count). The lowest BCUT2D eigenvalue weighted by Crippen LogP contribution is -2.15. The minimum absolute atomic E-state index is 0.251. The molecule has 0 bridgehead atoms. The molecule has 1 aromatic heterocycles. The third-order valence-corrected chi connectivity index (χ3v) is 4.95. The summed E-state index contributed by atoms with van der Waals surface area (Å²) in [5.74, 6) is 2.94. The van der Waals surface area contributed by atoms with Gasteiger partial charge in [-0.3, -0.25) is 4.98 Å². The standard InChI is InChI=1S/C22H24N2O4/c1-24(2)8-7-15-10-20(25-3)21(26-4)11-16(15)18-9-14-5-6-19-22(28-13-27-19)17(14)12-23-18/h5-6,9-12H,7-8,13H2,1-4H3. The maximum Gasteiger partial charge on any atom is 0.231 e. The van der Waals surface area contributed by atoms with Crippen LogP contribution in [0.1, 0.15) is 5.56 Å². The summed E-state index contributed by atoms with van der Waals surface area (Å²) in [6, 6.07) is 10.1. The van der Waals surface area contributed by atoms with E-state index >= 15 is 0 Å². The van der Waals surface area contributed by atoms with Gasteiger partial charge >= 0.3 is 0 Å². The topological polar surface area (TPSA) is 53.1 Å². The first-order chi connectivity index (χ1) is 13.6. The fourth-order valence-corrected chi connectivity index (χ4v) is 3.44. The van der Waals surface area contributed by atoms with Crippen molar-refractivity contribution in [1.29, 1.82) is 0 Å². The van der Waals surface area contributed by atoms with Crippen molar-refractivity contribution < 1.29 is 18.9 Å². The number of pyridine rings is 1. The summed E-state index contributed by atoms with van der Waals surface area (Å²) in [6.07, 6.45) is 2.73. The molecule has 2 aromatic carbocycles. The molecule has 6 nitrogen and oxygen atoms in total. The molecule has 1 aliphatic heterocycles. The minimum Gasteiger partial charge on any atom is -0.493 e. The van der Waals surface area contributed by atoms with Crippen LogP contribution in [-0.2, 0) is 6.42 Å². The molecule has 0 fully saturated rings. The number of aromatic nitrogens is 1. The SMILES string of the molecule is COc1cc(CCN(C)C)c(-c2cc3ccc4c(c3cn2)OCO4)cc1OC. The van der Waals surface area contributed by atoms with Gasteiger partial charge < -0.3 is 23.8 Å². The van der Waals surface area contributed by atoms with E-state index in [-0.39, 0.29) is 6.79 Å². The molecule has 0 radical (unpaired) electrons. The highest BCUT2D eigenvalue weighted by Gasteiger charge is 2.19. The number of hydrogen-bond donors (Lipinski definition) is 0. The van der Waals surface area contributed by atoms with Crippen LogP contribution in [0.15, 0.2) is 36.5 Å². The Morgan fingerprint density at radius 3 is 2.57 bits per heavy atom. The second-order valence-corrected chi connectivity index (χ2v) is 7.01. The molecule has 0 amide bonds. The lowest BCUT2D eigenvalue weighted by molar-refractivity contribution is 0.175. The van der Waals surface area contributed by atoms with E-state index in [1.54, 1.807) is 14.2 Å². The fourth-order valence-electron chi connectivity index (χ4n) is 3.44. The molecule has 0 saturated carbocycles. The van der Waals surface area contributed by atoms with E-state index in [9.17, 15) is 0 Å². The lowest BCUT2D eigenvalue weighted by Gasteiger charge is -2.17. The Kier molecular flexibility index (Phi) is 4.96. The number of rotatable bonds is 6. The maximum atomic E-state index is 5.61. The number of methoxy groups -OCH3 is 2. The number of benzene rings is 2. The van der Waals surface area contributed by atoms with Crippen LogP contribution in [0.4, 0.5) is 0 Å². The quantitative estimate of drug-likeness (QED) is 0.649. The summed E-state index contributed by atoms with van der Waals surface area (Å²) in [4.78, 5) is 6.89. The van der Waals surface area contributed by atoms with Crippen LogP contribution in [0.5, 0.6) is 23.0 Å². The van der Waals surface area contributed by atoms with Crippen molar-refractivity contribution in [3.8, 4) is 34.3 Å². The fraction of sp³-hybridized carbons (Fsp3) is 0.318. The van der Waals surface area contributed by atoms with Crippen molar-refractivity contribution in [2.75, 3.05) is 41.7 Å². The number of fused-ring (bicyclic) bond motifs is 3. The van der Waals surface area contributed by atoms with Gasteiger partial charge in [-0.15, -0.1) is 0 Å². The smallest absolute Gasteiger partial charge is 0.231 e. The highest BCUT2D eigenvalue weighted by Crippen LogP contribution is 2.41. The average molecular weight is 380 g/mol. The summed E-state index contributed by atoms with van der Waals surface area (Å²) >= 11 is 0. The third kappa shape index (κ3) is 3.31. The maximum absolute atomic E-state index is 5.61. The summed E-state index contributed by atoms with van der Waals surface area (Å²) in [7, 11) is 7.44. The first-order valence-corrected chi connectivity index (χ1v) is 9.19. The zero-order chi connectivity index (χ0) is 19.7. The van der Waals surface area contributed by atoms with E-state index in [1.807, 2.05) is 30.5 Å². The largest absolute Gasteiger partial charge is 0.493 e. The molecular weight excluding hydrogens is 356 g/mol. The van der Waals surface area contributed by atoms with Crippen molar-refractivity contribution in [1.82, 2.24) is 9.88 Å². The van der Waals surface area contributed by atoms with Crippen LogP contribution >= 0.6 is 0 Å². The van der Waals surface area contributed by atoms with Crippen molar-refractivity contribution in [2.24, 2.45) is 0 Å². The predicted molar refractivity (Wildman–Crippen MR) is 109 cm³/mol. The molecule has 0 spiro atoms. The summed E-state index contributed by atoms with van der Waals surface area (Å²) in [5.41, 5.74) is 3.10. The summed E-state index contributed by atoms with van der Waals surface area (Å²) in [6.45, 7) is 1.18. The highest BCUT2D eigenvalue weighted by molar-refractivity contribution is 5.93. The van der Waals surface area contributed by atoms with Gasteiger partial charge in [0.15, 0.2) is 23.0 Å². The molecule has 1 aliphatic rings. The van der Waals surface area contributed by atoms with Gasteiger partial charge in [0.2, 0.25) is 6.79 Å². The van der Waals surface area contributed by atoms with Gasteiger partial charge in [-0.2, -0.15) is 0 Å². The molecule has 0 aliphatic carbocycles. The van der Waals surface area contributed by atoms with Crippen molar-refractivity contribution >= 4 is 10.8 Å². The van der Waals surface area contributed by atoms with Crippen LogP contribution in [0.2, 0.25) is 0 Å². The minimum atomic E-state index is 0.251. The Bertz CT molecular complexity index is 1020.